The molecule has 1 rings (SSSR count). The number of halogens is 2. The summed E-state index contributed by atoms with van der Waals surface area (Å²) in [6, 6.07) is 2.30. The van der Waals surface area contributed by atoms with Crippen LogP contribution in [0.25, 0.3) is 0 Å². The van der Waals surface area contributed by atoms with Crippen molar-refractivity contribution in [3.63, 3.8) is 0 Å². The Hall–Kier alpha value is -1.99. The number of amides is 3. The predicted molar refractivity (Wildman–Crippen MR) is 73.9 cm³/mol. The maximum Gasteiger partial charge on any atom is 0.326 e. The molecule has 1 aromatic carbocycles. The third-order valence-electron chi connectivity index (χ3n) is 2.21. The van der Waals surface area contributed by atoms with Crippen molar-refractivity contribution in [1.82, 2.24) is 5.32 Å². The maximum atomic E-state index is 11.6. The molecule has 0 aliphatic rings. The summed E-state index contributed by atoms with van der Waals surface area (Å²) in [5.74, 6) is -2.23. The number of rotatable bonds is 5. The summed E-state index contributed by atoms with van der Waals surface area (Å²) >= 11 is 11.6. The smallest absolute Gasteiger partial charge is 0.326 e. The highest BCUT2D eigenvalue weighted by atomic mass is 35.5. The number of urea groups is 1. The number of carboxylic acids is 1. The lowest BCUT2D eigenvalue weighted by Crippen LogP contribution is -2.45. The molecule has 9 heteroatoms. The number of benzene rings is 1. The molecule has 0 bridgehead atoms. The number of nitrogens with one attached hydrogen (secondary N) is 2. The van der Waals surface area contributed by atoms with Crippen LogP contribution in [-0.2, 0) is 9.59 Å². The van der Waals surface area contributed by atoms with E-state index in [9.17, 15) is 14.4 Å². The second-order valence-electron chi connectivity index (χ2n) is 3.76. The van der Waals surface area contributed by atoms with E-state index >= 15 is 0 Å². The number of hydrogen-bond donors (Lipinski definition) is 4. The van der Waals surface area contributed by atoms with Gasteiger partial charge in [0.05, 0.1) is 22.2 Å². The van der Waals surface area contributed by atoms with Gasteiger partial charge in [0.15, 0.2) is 0 Å². The number of hydrogen-bond acceptors (Lipinski definition) is 3. The minimum absolute atomic E-state index is 0.117. The fourth-order valence-corrected chi connectivity index (χ4v) is 1.67. The zero-order valence-electron chi connectivity index (χ0n) is 10.0. The zero-order chi connectivity index (χ0) is 15.3. The van der Waals surface area contributed by atoms with Gasteiger partial charge in [-0.3, -0.25) is 4.79 Å². The lowest BCUT2D eigenvalue weighted by molar-refractivity contribution is -0.140. The first-order chi connectivity index (χ1) is 9.31. The normalized spacial score (nSPS) is 11.5. The van der Waals surface area contributed by atoms with E-state index in [1.165, 1.54) is 12.1 Å². The lowest BCUT2D eigenvalue weighted by Gasteiger charge is -2.14. The molecule has 0 radical (unpaired) electrons. The van der Waals surface area contributed by atoms with E-state index in [1.807, 2.05) is 0 Å². The standard InChI is InChI=1S/C11H11Cl2N3O4/c12-5-2-1-3-6(9(5)13)15-11(20)16-7(10(18)19)4-8(14)17/h1-3,7H,4H2,(H2,14,17)(H,18,19)(H2,15,16,20)/t7-/m1/s1. The van der Waals surface area contributed by atoms with Gasteiger partial charge in [0.25, 0.3) is 0 Å². The molecule has 5 N–H and O–H groups in total. The van der Waals surface area contributed by atoms with Gasteiger partial charge in [0.2, 0.25) is 5.91 Å². The fourth-order valence-electron chi connectivity index (χ4n) is 1.32. The van der Waals surface area contributed by atoms with Crippen LogP contribution in [0.3, 0.4) is 0 Å². The van der Waals surface area contributed by atoms with Crippen molar-refractivity contribution in [2.24, 2.45) is 5.73 Å². The van der Waals surface area contributed by atoms with Crippen LogP contribution < -0.4 is 16.4 Å². The summed E-state index contributed by atoms with van der Waals surface area (Å²) in [7, 11) is 0. The molecule has 0 fully saturated rings. The maximum absolute atomic E-state index is 11.6. The van der Waals surface area contributed by atoms with Gasteiger partial charge in [0, 0.05) is 0 Å². The average molecular weight is 320 g/mol. The molecule has 20 heavy (non-hydrogen) atoms. The quantitative estimate of drug-likeness (QED) is 0.656. The second kappa shape index (κ2) is 6.97. The van der Waals surface area contributed by atoms with Crippen LogP contribution in [0, 0.1) is 0 Å². The topological polar surface area (TPSA) is 122 Å². The van der Waals surface area contributed by atoms with Gasteiger partial charge in [-0.25, -0.2) is 9.59 Å². The van der Waals surface area contributed by atoms with Gasteiger partial charge < -0.3 is 21.5 Å². The van der Waals surface area contributed by atoms with Crippen molar-refractivity contribution >= 4 is 46.8 Å². The van der Waals surface area contributed by atoms with Crippen molar-refractivity contribution in [1.29, 1.82) is 0 Å². The van der Waals surface area contributed by atoms with Crippen LogP contribution in [0.1, 0.15) is 6.42 Å². The van der Waals surface area contributed by atoms with E-state index in [4.69, 9.17) is 34.0 Å². The monoisotopic (exact) mass is 319 g/mol. The first-order valence-corrected chi connectivity index (χ1v) is 6.09. The minimum Gasteiger partial charge on any atom is -0.480 e. The molecule has 0 saturated heterocycles. The van der Waals surface area contributed by atoms with Crippen LogP contribution in [-0.4, -0.2) is 29.1 Å². The summed E-state index contributed by atoms with van der Waals surface area (Å²) in [5.41, 5.74) is 5.10. The van der Waals surface area contributed by atoms with Crippen molar-refractivity contribution in [2.45, 2.75) is 12.5 Å². The highest BCUT2D eigenvalue weighted by molar-refractivity contribution is 6.43. The van der Waals surface area contributed by atoms with Crippen LogP contribution in [0.5, 0.6) is 0 Å². The molecule has 0 heterocycles. The van der Waals surface area contributed by atoms with Crippen molar-refractivity contribution < 1.29 is 19.5 Å². The third kappa shape index (κ3) is 4.60. The Balaban J connectivity index is 2.73. The molecule has 0 aliphatic carbocycles. The molecule has 3 amide bonds. The Bertz CT molecular complexity index is 550. The Kier molecular flexibility index (Phi) is 5.60. The van der Waals surface area contributed by atoms with Gasteiger partial charge >= 0.3 is 12.0 Å². The van der Waals surface area contributed by atoms with Gasteiger partial charge in [-0.05, 0) is 12.1 Å². The Morgan fingerprint density at radius 1 is 1.30 bits per heavy atom. The van der Waals surface area contributed by atoms with Crippen LogP contribution in [0.15, 0.2) is 18.2 Å². The Morgan fingerprint density at radius 3 is 2.50 bits per heavy atom. The summed E-state index contributed by atoms with van der Waals surface area (Å²) in [6.07, 6.45) is -0.522. The fraction of sp³-hybridized carbons (Fsp3) is 0.182. The summed E-state index contributed by atoms with van der Waals surface area (Å²) in [4.78, 5) is 33.2. The van der Waals surface area contributed by atoms with E-state index < -0.39 is 30.4 Å². The van der Waals surface area contributed by atoms with Crippen molar-refractivity contribution in [3.05, 3.63) is 28.2 Å². The largest absolute Gasteiger partial charge is 0.480 e. The molecule has 1 aromatic rings. The van der Waals surface area contributed by atoms with E-state index in [1.54, 1.807) is 6.07 Å². The Labute approximate surface area is 124 Å². The molecule has 0 unspecified atom stereocenters. The molecule has 0 aromatic heterocycles. The molecule has 0 spiro atoms. The number of primary amides is 1. The molecule has 1 atom stereocenters. The number of anilines is 1. The van der Waals surface area contributed by atoms with Crippen LogP contribution in [0.4, 0.5) is 10.5 Å². The van der Waals surface area contributed by atoms with Gasteiger partial charge in [-0.2, -0.15) is 0 Å². The number of nitrogens with two attached hydrogens (primary N) is 1. The molecule has 0 saturated carbocycles. The zero-order valence-corrected chi connectivity index (χ0v) is 11.5. The number of carboxylic acid groups (broad SMARTS) is 1. The lowest BCUT2D eigenvalue weighted by atomic mass is 10.2. The van der Waals surface area contributed by atoms with E-state index in [-0.39, 0.29) is 15.7 Å². The number of carbonyl (C=O) groups is 3. The third-order valence-corrected chi connectivity index (χ3v) is 3.03. The highest BCUT2D eigenvalue weighted by Gasteiger charge is 2.22. The molecule has 7 nitrogen and oxygen atoms in total. The van der Waals surface area contributed by atoms with Crippen LogP contribution >= 0.6 is 23.2 Å². The first-order valence-electron chi connectivity index (χ1n) is 5.34. The van der Waals surface area contributed by atoms with E-state index in [0.717, 1.165) is 0 Å². The van der Waals surface area contributed by atoms with Gasteiger partial charge in [-0.1, -0.05) is 29.3 Å². The molecular formula is C11H11Cl2N3O4. The summed E-state index contributed by atoms with van der Waals surface area (Å²) < 4.78 is 0. The first kappa shape index (κ1) is 16.1. The number of carbonyl (C=O) groups excluding carboxylic acids is 2. The van der Waals surface area contributed by atoms with E-state index in [0.29, 0.717) is 0 Å². The molecule has 0 aliphatic heterocycles. The summed E-state index contributed by atoms with van der Waals surface area (Å²) in [5, 5.41) is 13.6. The summed E-state index contributed by atoms with van der Waals surface area (Å²) in [6.45, 7) is 0. The van der Waals surface area contributed by atoms with Crippen LogP contribution in [0.2, 0.25) is 10.0 Å². The number of aliphatic carboxylic acids is 1. The average Bonchev–Trinajstić information content (AvgIpc) is 2.33. The molecular weight excluding hydrogens is 309 g/mol. The molecule has 108 valence electrons. The van der Waals surface area contributed by atoms with E-state index in [2.05, 4.69) is 10.6 Å². The van der Waals surface area contributed by atoms with Gasteiger partial charge in [0.1, 0.15) is 6.04 Å². The predicted octanol–water partition coefficient (Wildman–Crippen LogP) is 1.44. The SMILES string of the molecule is NC(=O)C[C@@H](NC(=O)Nc1cccc(Cl)c1Cl)C(=O)O. The Morgan fingerprint density at radius 2 is 1.95 bits per heavy atom. The minimum atomic E-state index is -1.43. The van der Waals surface area contributed by atoms with Crippen molar-refractivity contribution in [2.75, 3.05) is 5.32 Å². The second-order valence-corrected chi connectivity index (χ2v) is 4.55. The highest BCUT2D eigenvalue weighted by Crippen LogP contribution is 2.29. The van der Waals surface area contributed by atoms with Crippen molar-refractivity contribution in [3.8, 4) is 0 Å². The van der Waals surface area contributed by atoms with Gasteiger partial charge in [-0.15, -0.1) is 0 Å².